The zero-order chi connectivity index (χ0) is 21.4. The highest BCUT2D eigenvalue weighted by molar-refractivity contribution is 6.11. The largest absolute Gasteiger partial charge is 0.455 e. The summed E-state index contributed by atoms with van der Waals surface area (Å²) in [6, 6.07) is 11.0. The van der Waals surface area contributed by atoms with Crippen molar-refractivity contribution in [3.05, 3.63) is 58.9 Å². The second-order valence-corrected chi connectivity index (χ2v) is 10.4. The maximum Gasteiger partial charge on any atom is 0.334 e. The van der Waals surface area contributed by atoms with Crippen LogP contribution in [0.25, 0.3) is 33.3 Å². The molecule has 1 aliphatic carbocycles. The fourth-order valence-electron chi connectivity index (χ4n) is 5.27. The first kappa shape index (κ1) is 19.3. The van der Waals surface area contributed by atoms with Gasteiger partial charge in [-0.25, -0.2) is 4.57 Å². The van der Waals surface area contributed by atoms with Gasteiger partial charge in [0.2, 0.25) is 0 Å². The van der Waals surface area contributed by atoms with E-state index in [0.717, 1.165) is 28.2 Å². The Morgan fingerprint density at radius 3 is 2.43 bits per heavy atom. The Morgan fingerprint density at radius 2 is 1.67 bits per heavy atom. The molecule has 1 aliphatic rings. The lowest BCUT2D eigenvalue weighted by Gasteiger charge is -2.42. The number of aromatic nitrogens is 2. The summed E-state index contributed by atoms with van der Waals surface area (Å²) in [5.41, 5.74) is 8.46. The molecule has 0 saturated carbocycles. The van der Waals surface area contributed by atoms with E-state index in [1.165, 1.54) is 40.3 Å². The first-order valence-corrected chi connectivity index (χ1v) is 10.9. The zero-order valence-electron chi connectivity index (χ0n) is 19.2. The first-order chi connectivity index (χ1) is 14.1. The van der Waals surface area contributed by atoms with E-state index in [0.29, 0.717) is 0 Å². The van der Waals surface area contributed by atoms with Crippen molar-refractivity contribution in [1.29, 1.82) is 0 Å². The first-order valence-electron chi connectivity index (χ1n) is 10.9. The van der Waals surface area contributed by atoms with Crippen LogP contribution >= 0.6 is 0 Å². The molecule has 0 aliphatic heterocycles. The molecule has 4 aromatic rings. The molecule has 3 heteroatoms. The van der Waals surface area contributed by atoms with Crippen LogP contribution < -0.4 is 4.57 Å². The lowest BCUT2D eigenvalue weighted by Crippen LogP contribution is -2.33. The summed E-state index contributed by atoms with van der Waals surface area (Å²) in [4.78, 5) is 4.87. The van der Waals surface area contributed by atoms with Crippen molar-refractivity contribution in [2.75, 3.05) is 0 Å². The third kappa shape index (κ3) is 2.64. The van der Waals surface area contributed by atoms with E-state index in [4.69, 9.17) is 9.40 Å². The number of aryl methyl sites for hydroxylation is 3. The minimum atomic E-state index is 0.123. The Kier molecular flexibility index (Phi) is 3.96. The maximum absolute atomic E-state index is 6.59. The van der Waals surface area contributed by atoms with Gasteiger partial charge >= 0.3 is 5.82 Å². The molecule has 154 valence electrons. The molecule has 0 radical (unpaired) electrons. The lowest BCUT2D eigenvalue weighted by molar-refractivity contribution is -0.663. The highest BCUT2D eigenvalue weighted by Gasteiger charge is 2.39. The Hall–Kier alpha value is -2.68. The van der Waals surface area contributed by atoms with Crippen molar-refractivity contribution in [2.45, 2.75) is 65.2 Å². The summed E-state index contributed by atoms with van der Waals surface area (Å²) in [5.74, 6) is 0.950. The van der Waals surface area contributed by atoms with Crippen molar-refractivity contribution < 1.29 is 8.98 Å². The smallest absolute Gasteiger partial charge is 0.334 e. The fourth-order valence-corrected chi connectivity index (χ4v) is 5.27. The van der Waals surface area contributed by atoms with Gasteiger partial charge in [-0.2, -0.15) is 0 Å². The van der Waals surface area contributed by atoms with Gasteiger partial charge in [0.05, 0.1) is 13.2 Å². The molecule has 2 heterocycles. The van der Waals surface area contributed by atoms with Crippen LogP contribution in [0.2, 0.25) is 0 Å². The van der Waals surface area contributed by atoms with E-state index in [2.05, 4.69) is 76.7 Å². The Morgan fingerprint density at radius 1 is 0.933 bits per heavy atom. The summed E-state index contributed by atoms with van der Waals surface area (Å²) in [7, 11) is 2.05. The monoisotopic (exact) mass is 399 g/mol. The van der Waals surface area contributed by atoms with Gasteiger partial charge in [-0.1, -0.05) is 45.9 Å². The Bertz CT molecular complexity index is 1320. The third-order valence-electron chi connectivity index (χ3n) is 7.17. The van der Waals surface area contributed by atoms with Crippen LogP contribution in [0.15, 0.2) is 40.9 Å². The van der Waals surface area contributed by atoms with Crippen LogP contribution in [-0.4, -0.2) is 4.98 Å². The van der Waals surface area contributed by atoms with Crippen molar-refractivity contribution in [3.63, 3.8) is 0 Å². The van der Waals surface area contributed by atoms with Crippen molar-refractivity contribution in [3.8, 4) is 11.4 Å². The fraction of sp³-hybridized carbons (Fsp3) is 0.407. The van der Waals surface area contributed by atoms with Gasteiger partial charge in [0.15, 0.2) is 11.3 Å². The molecule has 0 amide bonds. The van der Waals surface area contributed by atoms with Crippen molar-refractivity contribution in [1.82, 2.24) is 4.98 Å². The zero-order valence-corrected chi connectivity index (χ0v) is 19.2. The van der Waals surface area contributed by atoms with Crippen LogP contribution in [0.1, 0.15) is 62.9 Å². The summed E-state index contributed by atoms with van der Waals surface area (Å²) in [5, 5.41) is 2.49. The number of benzene rings is 2. The molecule has 0 unspecified atom stereocenters. The SMILES string of the molecule is Cc1cc[n+](C)c(-c2c(C)ccc3c2oc2ccc4c(c23)C(C)(C)CCC4(C)C)n1. The predicted octanol–water partition coefficient (Wildman–Crippen LogP) is 6.44. The van der Waals surface area contributed by atoms with Gasteiger partial charge in [0.25, 0.3) is 0 Å². The predicted molar refractivity (Wildman–Crippen MR) is 123 cm³/mol. The van der Waals surface area contributed by atoms with E-state index < -0.39 is 0 Å². The normalized spacial score (nSPS) is 17.4. The molecule has 0 N–H and O–H groups in total. The topological polar surface area (TPSA) is 29.9 Å². The van der Waals surface area contributed by atoms with Crippen LogP contribution in [0.4, 0.5) is 0 Å². The number of fused-ring (bicyclic) bond motifs is 5. The summed E-state index contributed by atoms with van der Waals surface area (Å²) in [6.07, 6.45) is 4.47. The average Bonchev–Trinajstić information content (AvgIpc) is 3.05. The number of nitrogens with zero attached hydrogens (tertiary/aromatic N) is 2. The molecule has 2 aromatic carbocycles. The molecule has 0 atom stereocenters. The second kappa shape index (κ2) is 6.16. The molecule has 5 rings (SSSR count). The minimum Gasteiger partial charge on any atom is -0.455 e. The molecule has 2 aromatic heterocycles. The van der Waals surface area contributed by atoms with Gasteiger partial charge in [-0.3, -0.25) is 0 Å². The molecule has 0 fully saturated rings. The Labute approximate surface area is 178 Å². The summed E-state index contributed by atoms with van der Waals surface area (Å²) >= 11 is 0. The molecule has 30 heavy (non-hydrogen) atoms. The van der Waals surface area contributed by atoms with Gasteiger partial charge in [-0.15, -0.1) is 0 Å². The molecular weight excluding hydrogens is 368 g/mol. The van der Waals surface area contributed by atoms with Gasteiger partial charge in [-0.05, 0) is 58.3 Å². The van der Waals surface area contributed by atoms with E-state index in [1.54, 1.807) is 0 Å². The van der Waals surface area contributed by atoms with E-state index in [-0.39, 0.29) is 10.8 Å². The third-order valence-corrected chi connectivity index (χ3v) is 7.17. The van der Waals surface area contributed by atoms with E-state index in [9.17, 15) is 0 Å². The van der Waals surface area contributed by atoms with E-state index >= 15 is 0 Å². The highest BCUT2D eigenvalue weighted by Crippen LogP contribution is 2.51. The molecule has 3 nitrogen and oxygen atoms in total. The summed E-state index contributed by atoms with van der Waals surface area (Å²) < 4.78 is 8.68. The molecular formula is C27H31N2O+. The number of furan rings is 1. The number of hydrogen-bond acceptors (Lipinski definition) is 2. The van der Waals surface area contributed by atoms with Crippen LogP contribution in [0, 0.1) is 13.8 Å². The Balaban J connectivity index is 1.94. The number of hydrogen-bond donors (Lipinski definition) is 0. The number of rotatable bonds is 1. The molecule has 0 saturated heterocycles. The summed E-state index contributed by atoms with van der Waals surface area (Å²) in [6.45, 7) is 13.7. The second-order valence-electron chi connectivity index (χ2n) is 10.4. The van der Waals surface area contributed by atoms with E-state index in [1.807, 2.05) is 13.0 Å². The highest BCUT2D eigenvalue weighted by atomic mass is 16.3. The quantitative estimate of drug-likeness (QED) is 0.345. The standard InChI is InChI=1S/C27H31N2O/c1-16-8-9-18-22-20(11-10-19-23(22)27(5,6)14-13-26(19,3)4)30-24(18)21(16)25-28-17(2)12-15-29(25)7/h8-12,15H,13-14H2,1-7H3/q+1. The molecule has 0 spiro atoms. The van der Waals surface area contributed by atoms with Crippen molar-refractivity contribution in [2.24, 2.45) is 7.05 Å². The lowest BCUT2D eigenvalue weighted by atomic mass is 9.62. The minimum absolute atomic E-state index is 0.123. The van der Waals surface area contributed by atoms with Gasteiger partial charge in [0, 0.05) is 23.8 Å². The van der Waals surface area contributed by atoms with Gasteiger partial charge in [0.1, 0.15) is 11.1 Å². The maximum atomic E-state index is 6.59. The van der Waals surface area contributed by atoms with Crippen LogP contribution in [0.5, 0.6) is 0 Å². The average molecular weight is 400 g/mol. The molecule has 0 bridgehead atoms. The van der Waals surface area contributed by atoms with Crippen molar-refractivity contribution >= 4 is 21.9 Å². The van der Waals surface area contributed by atoms with Gasteiger partial charge < -0.3 is 4.42 Å². The van der Waals surface area contributed by atoms with Crippen LogP contribution in [0.3, 0.4) is 0 Å². The van der Waals surface area contributed by atoms with Crippen LogP contribution in [-0.2, 0) is 17.9 Å².